The SMILES string of the molecule is Cc1ccc(S(=O)(=O)NC(C)(C)C)cc1C(=O)Nc1ccc(-n2cncn2)cc1. The Morgan fingerprint density at radius 3 is 2.34 bits per heavy atom. The second-order valence-electron chi connectivity index (χ2n) is 7.67. The van der Waals surface area contributed by atoms with E-state index in [1.807, 2.05) is 0 Å². The highest BCUT2D eigenvalue weighted by Gasteiger charge is 2.23. The minimum absolute atomic E-state index is 0.0460. The smallest absolute Gasteiger partial charge is 0.255 e. The normalized spacial score (nSPS) is 12.0. The van der Waals surface area contributed by atoms with E-state index in [2.05, 4.69) is 20.1 Å². The molecule has 0 aliphatic carbocycles. The van der Waals surface area contributed by atoms with Crippen molar-refractivity contribution < 1.29 is 13.2 Å². The highest BCUT2D eigenvalue weighted by atomic mass is 32.2. The van der Waals surface area contributed by atoms with Crippen molar-refractivity contribution in [1.29, 1.82) is 0 Å². The van der Waals surface area contributed by atoms with Crippen LogP contribution < -0.4 is 10.0 Å². The number of benzene rings is 2. The van der Waals surface area contributed by atoms with Crippen LogP contribution in [-0.4, -0.2) is 34.6 Å². The van der Waals surface area contributed by atoms with Crippen LogP contribution in [0.3, 0.4) is 0 Å². The van der Waals surface area contributed by atoms with E-state index >= 15 is 0 Å². The summed E-state index contributed by atoms with van der Waals surface area (Å²) in [4.78, 5) is 16.7. The standard InChI is InChI=1S/C20H23N5O3S/c1-14-5-10-17(29(27,28)24-20(2,3)4)11-18(14)19(26)23-15-6-8-16(9-7-15)25-13-21-12-22-25/h5-13,24H,1-4H3,(H,23,26). The van der Waals surface area contributed by atoms with Crippen LogP contribution in [0.15, 0.2) is 60.0 Å². The van der Waals surface area contributed by atoms with Gasteiger partial charge in [0.15, 0.2) is 0 Å². The van der Waals surface area contributed by atoms with Gasteiger partial charge in [-0.2, -0.15) is 5.10 Å². The third-order valence-corrected chi connectivity index (χ3v) is 5.77. The summed E-state index contributed by atoms with van der Waals surface area (Å²) in [6, 6.07) is 11.6. The van der Waals surface area contributed by atoms with E-state index in [1.54, 1.807) is 69.0 Å². The molecule has 0 aliphatic rings. The molecule has 0 unspecified atom stereocenters. The lowest BCUT2D eigenvalue weighted by Gasteiger charge is -2.20. The van der Waals surface area contributed by atoms with E-state index in [9.17, 15) is 13.2 Å². The number of aryl methyl sites for hydroxylation is 1. The summed E-state index contributed by atoms with van der Waals surface area (Å²) in [5.41, 5.74) is 1.73. The number of aromatic nitrogens is 3. The largest absolute Gasteiger partial charge is 0.322 e. The van der Waals surface area contributed by atoms with Gasteiger partial charge in [-0.05, 0) is 69.7 Å². The number of carbonyl (C=O) groups excluding carboxylic acids is 1. The van der Waals surface area contributed by atoms with Gasteiger partial charge in [0.05, 0.1) is 10.6 Å². The summed E-state index contributed by atoms with van der Waals surface area (Å²) >= 11 is 0. The maximum Gasteiger partial charge on any atom is 0.255 e. The van der Waals surface area contributed by atoms with Gasteiger partial charge in [-0.1, -0.05) is 6.07 Å². The number of nitrogens with zero attached hydrogens (tertiary/aromatic N) is 3. The van der Waals surface area contributed by atoms with Gasteiger partial charge in [-0.25, -0.2) is 22.8 Å². The zero-order chi connectivity index (χ0) is 21.2. The Kier molecular flexibility index (Phi) is 5.54. The van der Waals surface area contributed by atoms with Crippen LogP contribution in [0.5, 0.6) is 0 Å². The third kappa shape index (κ3) is 5.07. The molecule has 3 aromatic rings. The summed E-state index contributed by atoms with van der Waals surface area (Å²) in [6.07, 6.45) is 3.02. The molecule has 9 heteroatoms. The molecule has 0 aliphatic heterocycles. The number of hydrogen-bond acceptors (Lipinski definition) is 5. The van der Waals surface area contributed by atoms with Crippen LogP contribution >= 0.6 is 0 Å². The maximum atomic E-state index is 12.8. The van der Waals surface area contributed by atoms with Gasteiger partial charge >= 0.3 is 0 Å². The molecule has 2 aromatic carbocycles. The Morgan fingerprint density at radius 2 is 1.76 bits per heavy atom. The maximum absolute atomic E-state index is 12.8. The Labute approximate surface area is 170 Å². The van der Waals surface area contributed by atoms with Crippen molar-refractivity contribution in [1.82, 2.24) is 19.5 Å². The first kappa shape index (κ1) is 20.7. The number of nitrogens with one attached hydrogen (secondary N) is 2. The predicted octanol–water partition coefficient (Wildman–Crippen LogP) is 2.90. The van der Waals surface area contributed by atoms with Gasteiger partial charge in [-0.3, -0.25) is 4.79 Å². The molecule has 0 bridgehead atoms. The van der Waals surface area contributed by atoms with Crippen LogP contribution in [0.4, 0.5) is 5.69 Å². The van der Waals surface area contributed by atoms with Crippen molar-refractivity contribution in [3.8, 4) is 5.69 Å². The average molecular weight is 414 g/mol. The number of rotatable bonds is 5. The second kappa shape index (κ2) is 7.76. The van der Waals surface area contributed by atoms with Gasteiger partial charge in [0, 0.05) is 16.8 Å². The molecule has 1 amide bonds. The summed E-state index contributed by atoms with van der Waals surface area (Å²) in [6.45, 7) is 7.04. The molecule has 0 saturated heterocycles. The van der Waals surface area contributed by atoms with Gasteiger partial charge in [-0.15, -0.1) is 0 Å². The molecule has 1 aromatic heterocycles. The van der Waals surface area contributed by atoms with Crippen LogP contribution in [0, 0.1) is 6.92 Å². The van der Waals surface area contributed by atoms with Crippen molar-refractivity contribution >= 4 is 21.6 Å². The second-order valence-corrected chi connectivity index (χ2v) is 9.36. The van der Waals surface area contributed by atoms with Crippen molar-refractivity contribution in [2.75, 3.05) is 5.32 Å². The van der Waals surface area contributed by atoms with Crippen molar-refractivity contribution in [3.05, 3.63) is 66.2 Å². The number of carbonyl (C=O) groups is 1. The van der Waals surface area contributed by atoms with E-state index < -0.39 is 15.6 Å². The fourth-order valence-corrected chi connectivity index (χ4v) is 4.16. The van der Waals surface area contributed by atoms with Crippen LogP contribution in [0.2, 0.25) is 0 Å². The number of amides is 1. The zero-order valence-corrected chi connectivity index (χ0v) is 17.5. The Morgan fingerprint density at radius 1 is 1.07 bits per heavy atom. The van der Waals surface area contributed by atoms with Gasteiger partial charge in [0.1, 0.15) is 12.7 Å². The Balaban J connectivity index is 1.82. The lowest BCUT2D eigenvalue weighted by molar-refractivity contribution is 0.102. The van der Waals surface area contributed by atoms with Crippen molar-refractivity contribution in [2.45, 2.75) is 38.1 Å². The van der Waals surface area contributed by atoms with Crippen LogP contribution in [0.1, 0.15) is 36.7 Å². The molecular formula is C20H23N5O3S. The summed E-state index contributed by atoms with van der Waals surface area (Å²) in [7, 11) is -3.74. The molecule has 152 valence electrons. The Bertz CT molecular complexity index is 1120. The average Bonchev–Trinajstić information content (AvgIpc) is 3.15. The molecule has 3 rings (SSSR count). The lowest BCUT2D eigenvalue weighted by Crippen LogP contribution is -2.40. The summed E-state index contributed by atoms with van der Waals surface area (Å²) in [5.74, 6) is -0.385. The van der Waals surface area contributed by atoms with Crippen LogP contribution in [0.25, 0.3) is 5.69 Å². The minimum atomic E-state index is -3.74. The summed E-state index contributed by atoms with van der Waals surface area (Å²) in [5, 5.41) is 6.85. The molecule has 0 atom stereocenters. The van der Waals surface area contributed by atoms with E-state index in [0.29, 0.717) is 16.8 Å². The highest BCUT2D eigenvalue weighted by Crippen LogP contribution is 2.20. The molecule has 2 N–H and O–H groups in total. The molecular weight excluding hydrogens is 390 g/mol. The quantitative estimate of drug-likeness (QED) is 0.669. The Hall–Kier alpha value is -3.04. The van der Waals surface area contributed by atoms with E-state index in [-0.39, 0.29) is 10.8 Å². The summed E-state index contributed by atoms with van der Waals surface area (Å²) < 4.78 is 29.4. The van der Waals surface area contributed by atoms with E-state index in [1.165, 1.54) is 18.5 Å². The lowest BCUT2D eigenvalue weighted by atomic mass is 10.1. The number of anilines is 1. The topological polar surface area (TPSA) is 106 Å². The molecule has 0 fully saturated rings. The van der Waals surface area contributed by atoms with Crippen LogP contribution in [-0.2, 0) is 10.0 Å². The molecule has 0 spiro atoms. The fourth-order valence-electron chi connectivity index (χ4n) is 2.71. The molecule has 29 heavy (non-hydrogen) atoms. The highest BCUT2D eigenvalue weighted by molar-refractivity contribution is 7.89. The molecule has 1 heterocycles. The molecule has 0 saturated carbocycles. The first-order valence-electron chi connectivity index (χ1n) is 8.96. The fraction of sp³-hybridized carbons (Fsp3) is 0.250. The minimum Gasteiger partial charge on any atom is -0.322 e. The van der Waals surface area contributed by atoms with Gasteiger partial charge < -0.3 is 5.32 Å². The van der Waals surface area contributed by atoms with E-state index in [0.717, 1.165) is 5.69 Å². The first-order valence-corrected chi connectivity index (χ1v) is 10.4. The van der Waals surface area contributed by atoms with Gasteiger partial charge in [0.25, 0.3) is 5.91 Å². The van der Waals surface area contributed by atoms with Crippen molar-refractivity contribution in [3.63, 3.8) is 0 Å². The molecule has 8 nitrogen and oxygen atoms in total. The first-order chi connectivity index (χ1) is 13.5. The predicted molar refractivity (Wildman–Crippen MR) is 111 cm³/mol. The zero-order valence-electron chi connectivity index (χ0n) is 16.7. The van der Waals surface area contributed by atoms with E-state index in [4.69, 9.17) is 0 Å². The molecule has 0 radical (unpaired) electrons. The monoisotopic (exact) mass is 413 g/mol. The van der Waals surface area contributed by atoms with Crippen molar-refractivity contribution in [2.24, 2.45) is 0 Å². The number of sulfonamides is 1. The van der Waals surface area contributed by atoms with Gasteiger partial charge in [0.2, 0.25) is 10.0 Å². The number of hydrogen-bond donors (Lipinski definition) is 2. The third-order valence-electron chi connectivity index (χ3n) is 4.01.